The summed E-state index contributed by atoms with van der Waals surface area (Å²) in [6.45, 7) is 4.11. The van der Waals surface area contributed by atoms with E-state index in [1.807, 2.05) is 6.92 Å². The van der Waals surface area contributed by atoms with Crippen molar-refractivity contribution >= 4 is 28.5 Å². The average Bonchev–Trinajstić information content (AvgIpc) is 2.56. The van der Waals surface area contributed by atoms with Crippen molar-refractivity contribution < 1.29 is 4.39 Å². The lowest BCUT2D eigenvalue weighted by molar-refractivity contribution is 0.631. The summed E-state index contributed by atoms with van der Waals surface area (Å²) in [5, 5.41) is 3.58. The van der Waals surface area contributed by atoms with E-state index in [1.165, 1.54) is 6.07 Å². The Kier molecular flexibility index (Phi) is 4.39. The number of benzene rings is 1. The summed E-state index contributed by atoms with van der Waals surface area (Å²) in [5.74, 6) is -0.355. The van der Waals surface area contributed by atoms with Crippen molar-refractivity contribution in [3.8, 4) is 11.1 Å². The van der Waals surface area contributed by atoms with Crippen molar-refractivity contribution in [1.29, 1.82) is 0 Å². The zero-order valence-corrected chi connectivity index (χ0v) is 13.6. The molecule has 4 nitrogen and oxygen atoms in total. The molecule has 3 rings (SSSR count). The van der Waals surface area contributed by atoms with Gasteiger partial charge in [0.25, 0.3) is 0 Å². The van der Waals surface area contributed by atoms with E-state index in [2.05, 4.69) is 27.2 Å². The van der Waals surface area contributed by atoms with Gasteiger partial charge in [0.2, 0.25) is 0 Å². The Morgan fingerprint density at radius 3 is 2.70 bits per heavy atom. The predicted octanol–water partition coefficient (Wildman–Crippen LogP) is 4.69. The van der Waals surface area contributed by atoms with Crippen LogP contribution in [0.4, 0.5) is 10.1 Å². The Morgan fingerprint density at radius 1 is 1.22 bits per heavy atom. The van der Waals surface area contributed by atoms with Crippen LogP contribution in [0, 0.1) is 5.82 Å². The molecule has 3 aromatic rings. The summed E-state index contributed by atoms with van der Waals surface area (Å²) >= 11 is 6.36. The minimum Gasteiger partial charge on any atom is -0.380 e. The molecule has 0 bridgehead atoms. The zero-order valence-electron chi connectivity index (χ0n) is 12.8. The molecular formula is C17H16ClFN4. The maximum atomic E-state index is 14.3. The number of halogens is 2. The van der Waals surface area contributed by atoms with Gasteiger partial charge in [-0.3, -0.25) is 0 Å². The Labute approximate surface area is 138 Å². The van der Waals surface area contributed by atoms with Gasteiger partial charge in [-0.2, -0.15) is 0 Å². The van der Waals surface area contributed by atoms with E-state index in [4.69, 9.17) is 11.6 Å². The molecule has 0 radical (unpaired) electrons. The number of hydrogen-bond donors (Lipinski definition) is 1. The second-order valence-corrected chi connectivity index (χ2v) is 5.67. The normalized spacial score (nSPS) is 12.3. The van der Waals surface area contributed by atoms with Crippen molar-refractivity contribution in [1.82, 2.24) is 15.0 Å². The molecule has 0 saturated carbocycles. The molecule has 118 valence electrons. The van der Waals surface area contributed by atoms with Crippen molar-refractivity contribution in [2.24, 2.45) is 0 Å². The lowest BCUT2D eigenvalue weighted by Gasteiger charge is -2.19. The Morgan fingerprint density at radius 2 is 1.96 bits per heavy atom. The first-order valence-electron chi connectivity index (χ1n) is 7.43. The first kappa shape index (κ1) is 15.6. The second kappa shape index (κ2) is 6.46. The van der Waals surface area contributed by atoms with Gasteiger partial charge in [0.05, 0.1) is 5.69 Å². The van der Waals surface area contributed by atoms with Crippen molar-refractivity contribution in [2.75, 3.05) is 5.32 Å². The van der Waals surface area contributed by atoms with Gasteiger partial charge in [-0.25, -0.2) is 19.3 Å². The summed E-state index contributed by atoms with van der Waals surface area (Å²) < 4.78 is 14.3. The van der Waals surface area contributed by atoms with Crippen LogP contribution < -0.4 is 5.32 Å². The molecule has 23 heavy (non-hydrogen) atoms. The molecule has 1 N–H and O–H groups in total. The van der Waals surface area contributed by atoms with Crippen LogP contribution >= 0.6 is 11.6 Å². The maximum absolute atomic E-state index is 14.3. The van der Waals surface area contributed by atoms with Crippen LogP contribution in [0.3, 0.4) is 0 Å². The van der Waals surface area contributed by atoms with E-state index >= 15 is 0 Å². The van der Waals surface area contributed by atoms with Crippen molar-refractivity contribution in [3.63, 3.8) is 0 Å². The third-order valence-corrected chi connectivity index (χ3v) is 4.00. The summed E-state index contributed by atoms with van der Waals surface area (Å²) in [6.07, 6.45) is 4.05. The van der Waals surface area contributed by atoms with Gasteiger partial charge in [0.15, 0.2) is 5.65 Å². The van der Waals surface area contributed by atoms with E-state index < -0.39 is 0 Å². The fraction of sp³-hybridized carbons (Fsp3) is 0.235. The minimum atomic E-state index is -0.355. The van der Waals surface area contributed by atoms with Gasteiger partial charge in [-0.05, 0) is 19.4 Å². The van der Waals surface area contributed by atoms with Crippen LogP contribution in [-0.2, 0) is 0 Å². The van der Waals surface area contributed by atoms with Crippen LogP contribution in [-0.4, -0.2) is 21.0 Å². The summed E-state index contributed by atoms with van der Waals surface area (Å²) in [4.78, 5) is 12.8. The molecule has 1 atom stereocenters. The molecule has 2 heterocycles. The van der Waals surface area contributed by atoms with Crippen LogP contribution in [0.5, 0.6) is 0 Å². The van der Waals surface area contributed by atoms with E-state index in [9.17, 15) is 4.39 Å². The van der Waals surface area contributed by atoms with Crippen molar-refractivity contribution in [2.45, 2.75) is 26.3 Å². The highest BCUT2D eigenvalue weighted by Crippen LogP contribution is 2.39. The standard InChI is InChI=1S/C17H16ClFN4/c1-3-10(2)22-14-13(11-6-4-5-7-12(11)19)16(18)23-17-15(14)20-8-9-21-17/h4-10H,3H2,1-2H3,(H,21,22,23). The number of rotatable bonds is 4. The minimum absolute atomic E-state index is 0.171. The largest absolute Gasteiger partial charge is 0.380 e. The summed E-state index contributed by atoms with van der Waals surface area (Å²) in [7, 11) is 0. The van der Waals surface area contributed by atoms with Gasteiger partial charge in [0, 0.05) is 29.6 Å². The summed E-state index contributed by atoms with van der Waals surface area (Å²) in [6, 6.07) is 6.66. The van der Waals surface area contributed by atoms with Crippen molar-refractivity contribution in [3.05, 3.63) is 47.6 Å². The highest BCUT2D eigenvalue weighted by molar-refractivity contribution is 6.33. The van der Waals surface area contributed by atoms with Crippen LogP contribution in [0.1, 0.15) is 20.3 Å². The fourth-order valence-electron chi connectivity index (χ4n) is 2.36. The van der Waals surface area contributed by atoms with Gasteiger partial charge < -0.3 is 5.32 Å². The highest BCUT2D eigenvalue weighted by Gasteiger charge is 2.20. The van der Waals surface area contributed by atoms with E-state index in [0.29, 0.717) is 28.0 Å². The molecular weight excluding hydrogens is 315 g/mol. The predicted molar refractivity (Wildman–Crippen MR) is 91.1 cm³/mol. The Hall–Kier alpha value is -2.27. The molecule has 0 fully saturated rings. The van der Waals surface area contributed by atoms with Gasteiger partial charge >= 0.3 is 0 Å². The number of fused-ring (bicyclic) bond motifs is 1. The first-order valence-corrected chi connectivity index (χ1v) is 7.81. The van der Waals surface area contributed by atoms with Gasteiger partial charge in [-0.15, -0.1) is 0 Å². The molecule has 0 saturated heterocycles. The molecule has 0 spiro atoms. The molecule has 1 unspecified atom stereocenters. The number of aromatic nitrogens is 3. The highest BCUT2D eigenvalue weighted by atomic mass is 35.5. The smallest absolute Gasteiger partial charge is 0.181 e. The number of anilines is 1. The van der Waals surface area contributed by atoms with Gasteiger partial charge in [0.1, 0.15) is 16.5 Å². The number of hydrogen-bond acceptors (Lipinski definition) is 4. The average molecular weight is 331 g/mol. The first-order chi connectivity index (χ1) is 11.1. The number of pyridine rings is 1. The van der Waals surface area contributed by atoms with Crippen LogP contribution in [0.25, 0.3) is 22.3 Å². The van der Waals surface area contributed by atoms with E-state index in [1.54, 1.807) is 30.6 Å². The molecule has 6 heteroatoms. The fourth-order valence-corrected chi connectivity index (χ4v) is 2.63. The van der Waals surface area contributed by atoms with Gasteiger partial charge in [-0.1, -0.05) is 36.7 Å². The van der Waals surface area contributed by atoms with Crippen LogP contribution in [0.15, 0.2) is 36.7 Å². The lowest BCUT2D eigenvalue weighted by Crippen LogP contribution is -2.15. The summed E-state index contributed by atoms with van der Waals surface area (Å²) in [5.41, 5.74) is 2.58. The third kappa shape index (κ3) is 2.97. The topological polar surface area (TPSA) is 50.7 Å². The zero-order chi connectivity index (χ0) is 16.4. The Balaban J connectivity index is 2.33. The maximum Gasteiger partial charge on any atom is 0.181 e. The van der Waals surface area contributed by atoms with E-state index in [0.717, 1.165) is 6.42 Å². The molecule has 1 aromatic carbocycles. The Bertz CT molecular complexity index is 853. The van der Waals surface area contributed by atoms with Crippen LogP contribution in [0.2, 0.25) is 5.15 Å². The second-order valence-electron chi connectivity index (χ2n) is 5.31. The lowest BCUT2D eigenvalue weighted by atomic mass is 10.0. The molecule has 2 aromatic heterocycles. The number of nitrogens with one attached hydrogen (secondary N) is 1. The van der Waals surface area contributed by atoms with E-state index in [-0.39, 0.29) is 17.0 Å². The quantitative estimate of drug-likeness (QED) is 0.705. The molecule has 0 amide bonds. The number of nitrogens with zero attached hydrogens (tertiary/aromatic N) is 3. The SMILES string of the molecule is CCC(C)Nc1c(-c2ccccc2F)c(Cl)nc2nccnc12. The molecule has 0 aliphatic heterocycles. The molecule has 0 aliphatic rings. The monoisotopic (exact) mass is 330 g/mol. The molecule has 0 aliphatic carbocycles. The third-order valence-electron chi connectivity index (χ3n) is 3.72.